The van der Waals surface area contributed by atoms with E-state index in [0.29, 0.717) is 12.5 Å². The molecule has 1 nitrogen and oxygen atoms in total. The zero-order valence-electron chi connectivity index (χ0n) is 6.80. The zero-order chi connectivity index (χ0) is 7.61. The van der Waals surface area contributed by atoms with Crippen molar-refractivity contribution in [2.24, 2.45) is 11.3 Å². The van der Waals surface area contributed by atoms with Gasteiger partial charge in [0.25, 0.3) is 0 Å². The smallest absolute Gasteiger partial charge is 0.0467 e. The summed E-state index contributed by atoms with van der Waals surface area (Å²) in [5.74, 6) is 0.470. The zero-order valence-corrected chi connectivity index (χ0v) is 6.80. The van der Waals surface area contributed by atoms with E-state index in [1.54, 1.807) is 0 Å². The van der Waals surface area contributed by atoms with Crippen LogP contribution in [0.2, 0.25) is 0 Å². The number of aliphatic hydroxyl groups excluding tert-OH is 1. The van der Waals surface area contributed by atoms with Gasteiger partial charge in [0.1, 0.15) is 0 Å². The second kappa shape index (κ2) is 2.75. The van der Waals surface area contributed by atoms with Crippen molar-refractivity contribution in [3.63, 3.8) is 0 Å². The number of hydrogen-bond acceptors (Lipinski definition) is 1. The third-order valence-corrected chi connectivity index (χ3v) is 2.50. The van der Waals surface area contributed by atoms with Crippen LogP contribution < -0.4 is 0 Å². The van der Waals surface area contributed by atoms with E-state index in [-0.39, 0.29) is 5.41 Å². The largest absolute Gasteiger partial charge is 0.396 e. The van der Waals surface area contributed by atoms with Crippen molar-refractivity contribution in [2.75, 3.05) is 6.61 Å². The van der Waals surface area contributed by atoms with Crippen LogP contribution >= 0.6 is 0 Å². The van der Waals surface area contributed by atoms with Gasteiger partial charge in [-0.3, -0.25) is 0 Å². The Bertz CT molecular complexity index is 136. The Morgan fingerprint density at radius 2 is 2.30 bits per heavy atom. The van der Waals surface area contributed by atoms with Gasteiger partial charge in [0.05, 0.1) is 0 Å². The second-order valence-corrected chi connectivity index (χ2v) is 3.68. The molecule has 1 N–H and O–H groups in total. The second-order valence-electron chi connectivity index (χ2n) is 3.68. The van der Waals surface area contributed by atoms with Gasteiger partial charge in [-0.1, -0.05) is 26.0 Å². The average Bonchev–Trinajstić information content (AvgIpc) is 1.87. The first kappa shape index (κ1) is 7.80. The first-order valence-corrected chi connectivity index (χ1v) is 3.95. The van der Waals surface area contributed by atoms with Crippen LogP contribution in [0.3, 0.4) is 0 Å². The van der Waals surface area contributed by atoms with E-state index in [1.165, 1.54) is 0 Å². The third-order valence-electron chi connectivity index (χ3n) is 2.50. The van der Waals surface area contributed by atoms with Gasteiger partial charge in [-0.05, 0) is 24.2 Å². The van der Waals surface area contributed by atoms with Crippen LogP contribution in [0.1, 0.15) is 26.7 Å². The average molecular weight is 140 g/mol. The minimum absolute atomic E-state index is 0.215. The van der Waals surface area contributed by atoms with E-state index in [1.807, 2.05) is 0 Å². The summed E-state index contributed by atoms with van der Waals surface area (Å²) in [4.78, 5) is 0. The molecule has 1 aliphatic carbocycles. The lowest BCUT2D eigenvalue weighted by Gasteiger charge is -2.33. The van der Waals surface area contributed by atoms with Crippen LogP contribution in [0.4, 0.5) is 0 Å². The lowest BCUT2D eigenvalue weighted by Crippen LogP contribution is -2.27. The maximum atomic E-state index is 8.99. The molecule has 10 heavy (non-hydrogen) atoms. The predicted molar refractivity (Wildman–Crippen MR) is 42.7 cm³/mol. The molecule has 0 aromatic heterocycles. The van der Waals surface area contributed by atoms with E-state index >= 15 is 0 Å². The third kappa shape index (κ3) is 1.40. The highest BCUT2D eigenvalue weighted by atomic mass is 16.3. The molecule has 0 radical (unpaired) electrons. The van der Waals surface area contributed by atoms with E-state index in [4.69, 9.17) is 5.11 Å². The first-order chi connectivity index (χ1) is 4.67. The summed E-state index contributed by atoms with van der Waals surface area (Å²) in [6.45, 7) is 4.70. The van der Waals surface area contributed by atoms with Gasteiger partial charge in [0, 0.05) is 6.61 Å². The maximum Gasteiger partial charge on any atom is 0.0467 e. The van der Waals surface area contributed by atoms with Crippen LogP contribution in [0, 0.1) is 11.3 Å². The lowest BCUT2D eigenvalue weighted by atomic mass is 9.73. The number of allylic oxidation sites excluding steroid dienone is 2. The van der Waals surface area contributed by atoms with E-state index in [2.05, 4.69) is 26.0 Å². The molecule has 1 unspecified atom stereocenters. The summed E-state index contributed by atoms with van der Waals surface area (Å²) in [7, 11) is 0. The Morgan fingerprint density at radius 3 is 2.70 bits per heavy atom. The first-order valence-electron chi connectivity index (χ1n) is 3.95. The summed E-state index contributed by atoms with van der Waals surface area (Å²) in [5.41, 5.74) is 0.215. The van der Waals surface area contributed by atoms with Crippen molar-refractivity contribution in [3.05, 3.63) is 12.2 Å². The molecule has 0 bridgehead atoms. The molecule has 1 heteroatoms. The Morgan fingerprint density at radius 1 is 1.60 bits per heavy atom. The molecule has 0 aliphatic heterocycles. The minimum Gasteiger partial charge on any atom is -0.396 e. The molecule has 0 aromatic rings. The van der Waals surface area contributed by atoms with Gasteiger partial charge in [-0.2, -0.15) is 0 Å². The molecule has 0 spiro atoms. The minimum atomic E-state index is 0.215. The van der Waals surface area contributed by atoms with Crippen LogP contribution in [0.15, 0.2) is 12.2 Å². The summed E-state index contributed by atoms with van der Waals surface area (Å²) in [6.07, 6.45) is 6.71. The fourth-order valence-corrected chi connectivity index (χ4v) is 1.52. The number of hydrogen-bond donors (Lipinski definition) is 1. The summed E-state index contributed by atoms with van der Waals surface area (Å²) >= 11 is 0. The lowest BCUT2D eigenvalue weighted by molar-refractivity contribution is 0.137. The Hall–Kier alpha value is -0.300. The number of aliphatic hydroxyl groups is 1. The SMILES string of the molecule is CC1(C)C=CCCC1CO. The van der Waals surface area contributed by atoms with Crippen molar-refractivity contribution in [2.45, 2.75) is 26.7 Å². The van der Waals surface area contributed by atoms with Crippen molar-refractivity contribution < 1.29 is 5.11 Å². The molecule has 0 fully saturated rings. The van der Waals surface area contributed by atoms with Gasteiger partial charge in [-0.15, -0.1) is 0 Å². The molecule has 1 atom stereocenters. The van der Waals surface area contributed by atoms with Crippen molar-refractivity contribution >= 4 is 0 Å². The van der Waals surface area contributed by atoms with Gasteiger partial charge >= 0.3 is 0 Å². The molecule has 0 amide bonds. The highest BCUT2D eigenvalue weighted by Crippen LogP contribution is 2.35. The van der Waals surface area contributed by atoms with Crippen molar-refractivity contribution in [1.82, 2.24) is 0 Å². The van der Waals surface area contributed by atoms with Crippen LogP contribution in [0.25, 0.3) is 0 Å². The molecule has 1 aliphatic rings. The summed E-state index contributed by atoms with van der Waals surface area (Å²) in [5, 5.41) is 8.99. The number of rotatable bonds is 1. The summed E-state index contributed by atoms with van der Waals surface area (Å²) < 4.78 is 0. The van der Waals surface area contributed by atoms with E-state index < -0.39 is 0 Å². The van der Waals surface area contributed by atoms with Crippen molar-refractivity contribution in [1.29, 1.82) is 0 Å². The standard InChI is InChI=1S/C9H16O/c1-9(2)6-4-3-5-8(9)7-10/h4,6,8,10H,3,5,7H2,1-2H3. The Labute approximate surface area is 62.8 Å². The molecule has 58 valence electrons. The van der Waals surface area contributed by atoms with Gasteiger partial charge < -0.3 is 5.11 Å². The van der Waals surface area contributed by atoms with E-state index in [0.717, 1.165) is 12.8 Å². The highest BCUT2D eigenvalue weighted by molar-refractivity contribution is 5.02. The molecule has 0 saturated carbocycles. The molecule has 1 rings (SSSR count). The maximum absolute atomic E-state index is 8.99. The van der Waals surface area contributed by atoms with E-state index in [9.17, 15) is 0 Å². The fraction of sp³-hybridized carbons (Fsp3) is 0.778. The fourth-order valence-electron chi connectivity index (χ4n) is 1.52. The Balaban J connectivity index is 2.66. The quantitative estimate of drug-likeness (QED) is 0.552. The van der Waals surface area contributed by atoms with Crippen molar-refractivity contribution in [3.8, 4) is 0 Å². The molecular formula is C9H16O. The van der Waals surface area contributed by atoms with Gasteiger partial charge in [0.2, 0.25) is 0 Å². The Kier molecular flexibility index (Phi) is 2.14. The van der Waals surface area contributed by atoms with Crippen LogP contribution in [-0.4, -0.2) is 11.7 Å². The summed E-state index contributed by atoms with van der Waals surface area (Å²) in [6, 6.07) is 0. The normalized spacial score (nSPS) is 30.5. The molecule has 0 aromatic carbocycles. The molecular weight excluding hydrogens is 124 g/mol. The molecule has 0 heterocycles. The van der Waals surface area contributed by atoms with Gasteiger partial charge in [0.15, 0.2) is 0 Å². The molecule has 0 saturated heterocycles. The van der Waals surface area contributed by atoms with Crippen LogP contribution in [-0.2, 0) is 0 Å². The topological polar surface area (TPSA) is 20.2 Å². The predicted octanol–water partition coefficient (Wildman–Crippen LogP) is 1.97. The van der Waals surface area contributed by atoms with Gasteiger partial charge in [-0.25, -0.2) is 0 Å². The van der Waals surface area contributed by atoms with Crippen LogP contribution in [0.5, 0.6) is 0 Å². The highest BCUT2D eigenvalue weighted by Gasteiger charge is 2.27. The monoisotopic (exact) mass is 140 g/mol.